The van der Waals surface area contributed by atoms with Crippen molar-refractivity contribution in [2.24, 2.45) is 0 Å². The lowest BCUT2D eigenvalue weighted by molar-refractivity contribution is 0.385. The number of benzene rings is 1. The van der Waals surface area contributed by atoms with E-state index in [9.17, 15) is 4.39 Å². The van der Waals surface area contributed by atoms with Gasteiger partial charge in [0, 0.05) is 18.6 Å². The van der Waals surface area contributed by atoms with Crippen LogP contribution in [-0.4, -0.2) is 18.6 Å². The van der Waals surface area contributed by atoms with Crippen LogP contribution in [0.25, 0.3) is 0 Å². The third-order valence-electron chi connectivity index (χ3n) is 3.26. The van der Waals surface area contributed by atoms with E-state index < -0.39 is 0 Å². The quantitative estimate of drug-likeness (QED) is 0.832. The maximum Gasteiger partial charge on any atom is 0.123 e. The van der Waals surface area contributed by atoms with E-state index in [0.29, 0.717) is 12.1 Å². The fourth-order valence-corrected chi connectivity index (χ4v) is 2.09. The van der Waals surface area contributed by atoms with E-state index in [4.69, 9.17) is 5.26 Å². The van der Waals surface area contributed by atoms with Crippen LogP contribution in [0, 0.1) is 17.1 Å². The molecule has 2 rings (SSSR count). The van der Waals surface area contributed by atoms with Crippen molar-refractivity contribution in [2.75, 3.05) is 13.1 Å². The molecule has 1 fully saturated rings. The van der Waals surface area contributed by atoms with Crippen molar-refractivity contribution < 1.29 is 4.39 Å². The molecule has 1 aliphatic heterocycles. The minimum Gasteiger partial charge on any atom is -0.315 e. The summed E-state index contributed by atoms with van der Waals surface area (Å²) in [6, 6.07) is 6.37. The minimum absolute atomic E-state index is 0.0407. The second-order valence-corrected chi connectivity index (χ2v) is 4.75. The van der Waals surface area contributed by atoms with Crippen molar-refractivity contribution >= 4 is 0 Å². The average molecular weight is 233 g/mol. The molecule has 1 unspecified atom stereocenters. The van der Waals surface area contributed by atoms with Gasteiger partial charge in [-0.2, -0.15) is 5.26 Å². The Bertz CT molecular complexity index is 444. The summed E-state index contributed by atoms with van der Waals surface area (Å²) in [5.74, 6) is -0.296. The first-order valence-electron chi connectivity index (χ1n) is 5.77. The number of nitrogens with one attached hydrogen (secondary N) is 2. The molecule has 17 heavy (non-hydrogen) atoms. The number of nitrogens with zero attached hydrogens (tertiary/aromatic N) is 1. The van der Waals surface area contributed by atoms with Gasteiger partial charge in [0.15, 0.2) is 0 Å². The summed E-state index contributed by atoms with van der Waals surface area (Å²) in [5.41, 5.74) is 1.30. The molecule has 0 amide bonds. The first kappa shape index (κ1) is 12.0. The molecule has 1 saturated heterocycles. The molecule has 0 bridgehead atoms. The zero-order valence-corrected chi connectivity index (χ0v) is 9.89. The van der Waals surface area contributed by atoms with Crippen LogP contribution in [0.2, 0.25) is 0 Å². The second kappa shape index (κ2) is 4.82. The van der Waals surface area contributed by atoms with Gasteiger partial charge in [0.25, 0.3) is 0 Å². The van der Waals surface area contributed by atoms with Crippen LogP contribution in [0.5, 0.6) is 0 Å². The molecule has 1 aromatic rings. The summed E-state index contributed by atoms with van der Waals surface area (Å²) < 4.78 is 13.1. The molecule has 4 heteroatoms. The monoisotopic (exact) mass is 233 g/mol. The van der Waals surface area contributed by atoms with Gasteiger partial charge in [0.1, 0.15) is 5.82 Å². The molecule has 0 saturated carbocycles. The highest BCUT2D eigenvalue weighted by molar-refractivity contribution is 5.37. The maximum absolute atomic E-state index is 13.1. The molecular weight excluding hydrogens is 217 g/mol. The highest BCUT2D eigenvalue weighted by atomic mass is 19.1. The van der Waals surface area contributed by atoms with Crippen LogP contribution >= 0.6 is 0 Å². The van der Waals surface area contributed by atoms with E-state index in [2.05, 4.69) is 23.6 Å². The molecule has 0 radical (unpaired) electrons. The number of hydrogen-bond donors (Lipinski definition) is 2. The number of rotatable bonds is 3. The van der Waals surface area contributed by atoms with Crippen LogP contribution in [-0.2, 0) is 6.54 Å². The Kier molecular flexibility index (Phi) is 3.41. The van der Waals surface area contributed by atoms with Gasteiger partial charge in [-0.1, -0.05) is 0 Å². The molecule has 1 atom stereocenters. The van der Waals surface area contributed by atoms with E-state index in [1.165, 1.54) is 18.2 Å². The smallest absolute Gasteiger partial charge is 0.123 e. The Hall–Kier alpha value is -1.44. The van der Waals surface area contributed by atoms with Crippen LogP contribution in [0.3, 0.4) is 0 Å². The molecule has 0 spiro atoms. The van der Waals surface area contributed by atoms with Crippen molar-refractivity contribution in [3.05, 3.63) is 35.1 Å². The molecule has 90 valence electrons. The Morgan fingerprint density at radius 3 is 3.06 bits per heavy atom. The second-order valence-electron chi connectivity index (χ2n) is 4.75. The van der Waals surface area contributed by atoms with Gasteiger partial charge in [-0.3, -0.25) is 0 Å². The van der Waals surface area contributed by atoms with Crippen molar-refractivity contribution in [2.45, 2.75) is 25.4 Å². The van der Waals surface area contributed by atoms with Gasteiger partial charge in [-0.05, 0) is 43.7 Å². The lowest BCUT2D eigenvalue weighted by Crippen LogP contribution is -2.43. The molecule has 0 aliphatic carbocycles. The van der Waals surface area contributed by atoms with Crippen molar-refractivity contribution in [3.63, 3.8) is 0 Å². The lowest BCUT2D eigenvalue weighted by Gasteiger charge is -2.24. The van der Waals surface area contributed by atoms with Gasteiger partial charge in [0.05, 0.1) is 11.6 Å². The van der Waals surface area contributed by atoms with Crippen molar-refractivity contribution in [3.8, 4) is 6.07 Å². The molecule has 1 heterocycles. The predicted molar refractivity (Wildman–Crippen MR) is 63.8 cm³/mol. The fraction of sp³-hybridized carbons (Fsp3) is 0.462. The molecule has 1 aromatic carbocycles. The summed E-state index contributed by atoms with van der Waals surface area (Å²) >= 11 is 0. The predicted octanol–water partition coefficient (Wildman–Crippen LogP) is 1.54. The van der Waals surface area contributed by atoms with Gasteiger partial charge in [-0.25, -0.2) is 4.39 Å². The summed E-state index contributed by atoms with van der Waals surface area (Å²) in [6.45, 7) is 4.57. The van der Waals surface area contributed by atoms with Gasteiger partial charge in [0.2, 0.25) is 0 Å². The number of nitriles is 1. The zero-order chi connectivity index (χ0) is 12.3. The SMILES string of the molecule is CC1(NCc2cc(F)ccc2C#N)CCNC1. The number of hydrogen-bond acceptors (Lipinski definition) is 3. The fourth-order valence-electron chi connectivity index (χ4n) is 2.09. The third-order valence-corrected chi connectivity index (χ3v) is 3.26. The van der Waals surface area contributed by atoms with Crippen LogP contribution < -0.4 is 10.6 Å². The zero-order valence-electron chi connectivity index (χ0n) is 9.89. The van der Waals surface area contributed by atoms with E-state index in [1.54, 1.807) is 0 Å². The molecule has 0 aromatic heterocycles. The number of halogens is 1. The Morgan fingerprint density at radius 2 is 2.41 bits per heavy atom. The minimum atomic E-state index is -0.296. The Labute approximate surface area is 101 Å². The molecular formula is C13H16FN3. The first-order chi connectivity index (χ1) is 8.13. The summed E-state index contributed by atoms with van der Waals surface area (Å²) in [6.07, 6.45) is 1.05. The highest BCUT2D eigenvalue weighted by Crippen LogP contribution is 2.16. The summed E-state index contributed by atoms with van der Waals surface area (Å²) in [5, 5.41) is 15.6. The average Bonchev–Trinajstić information content (AvgIpc) is 2.74. The normalized spacial score (nSPS) is 23.6. The van der Waals surface area contributed by atoms with Crippen LogP contribution in [0.4, 0.5) is 4.39 Å². The molecule has 3 nitrogen and oxygen atoms in total. The van der Waals surface area contributed by atoms with E-state index >= 15 is 0 Å². The first-order valence-corrected chi connectivity index (χ1v) is 5.77. The van der Waals surface area contributed by atoms with E-state index in [-0.39, 0.29) is 11.4 Å². The van der Waals surface area contributed by atoms with Crippen LogP contribution in [0.1, 0.15) is 24.5 Å². The van der Waals surface area contributed by atoms with E-state index in [1.807, 2.05) is 0 Å². The molecule has 2 N–H and O–H groups in total. The third kappa shape index (κ3) is 2.82. The lowest BCUT2D eigenvalue weighted by atomic mass is 10.0. The van der Waals surface area contributed by atoms with Gasteiger partial charge >= 0.3 is 0 Å². The van der Waals surface area contributed by atoms with Crippen molar-refractivity contribution in [1.82, 2.24) is 10.6 Å². The molecule has 1 aliphatic rings. The van der Waals surface area contributed by atoms with Gasteiger partial charge in [-0.15, -0.1) is 0 Å². The van der Waals surface area contributed by atoms with Crippen LogP contribution in [0.15, 0.2) is 18.2 Å². The van der Waals surface area contributed by atoms with Gasteiger partial charge < -0.3 is 10.6 Å². The van der Waals surface area contributed by atoms with Crippen molar-refractivity contribution in [1.29, 1.82) is 5.26 Å². The highest BCUT2D eigenvalue weighted by Gasteiger charge is 2.27. The Morgan fingerprint density at radius 1 is 1.59 bits per heavy atom. The van der Waals surface area contributed by atoms with E-state index in [0.717, 1.165) is 25.1 Å². The Balaban J connectivity index is 2.08. The topological polar surface area (TPSA) is 47.9 Å². The summed E-state index contributed by atoms with van der Waals surface area (Å²) in [4.78, 5) is 0. The largest absolute Gasteiger partial charge is 0.315 e. The maximum atomic E-state index is 13.1. The summed E-state index contributed by atoms with van der Waals surface area (Å²) in [7, 11) is 0. The standard InChI is InChI=1S/C13H16FN3/c1-13(4-5-16-9-13)17-8-11-6-12(14)3-2-10(11)7-15/h2-3,6,16-17H,4-5,8-9H2,1H3.